The number of hydrogen-bond acceptors (Lipinski definition) is 8. The zero-order valence-electron chi connectivity index (χ0n) is 23.6. The number of nitrogens with zero attached hydrogens (tertiary/aromatic N) is 1. The summed E-state index contributed by atoms with van der Waals surface area (Å²) in [5, 5.41) is 18.5. The second kappa shape index (κ2) is 13.3. The lowest BCUT2D eigenvalue weighted by Gasteiger charge is -2.26. The van der Waals surface area contributed by atoms with E-state index in [9.17, 15) is 29.1 Å². The third kappa shape index (κ3) is 6.95. The van der Waals surface area contributed by atoms with Crippen molar-refractivity contribution in [1.29, 1.82) is 0 Å². The Labute approximate surface area is 240 Å². The van der Waals surface area contributed by atoms with E-state index in [1.165, 1.54) is 31.7 Å². The number of nitrogens with one attached hydrogen (secondary N) is 3. The van der Waals surface area contributed by atoms with Gasteiger partial charge >= 0.3 is 5.97 Å². The maximum Gasteiger partial charge on any atom is 0.320 e. The van der Waals surface area contributed by atoms with Crippen LogP contribution in [0.2, 0.25) is 0 Å². The summed E-state index contributed by atoms with van der Waals surface area (Å²) in [4.78, 5) is 64.3. The van der Waals surface area contributed by atoms with Crippen LogP contribution in [-0.2, 0) is 27.3 Å². The number of benzene rings is 2. The van der Waals surface area contributed by atoms with Crippen molar-refractivity contribution in [1.82, 2.24) is 20.5 Å². The predicted octanol–water partition coefficient (Wildman–Crippen LogP) is 2.02. The van der Waals surface area contributed by atoms with Crippen LogP contribution in [-0.4, -0.2) is 52.6 Å². The lowest BCUT2D eigenvalue weighted by Crippen LogP contribution is -2.56. The minimum absolute atomic E-state index is 0.0106. The highest BCUT2D eigenvalue weighted by Gasteiger charge is 2.30. The molecule has 4 aromatic rings. The maximum absolute atomic E-state index is 13.4. The Hall–Kier alpha value is -4.71. The molecule has 3 atom stereocenters. The SMILES string of the molecule is CNC(=O)[C@H](Cc1ccccc1)NC(=O)[C@H](CC(C)C)NC(CCn1c(=O)c2cc3occoc3cc2c1=O)C(=O)O. The number of carboxylic acids is 1. The first-order valence-electron chi connectivity index (χ1n) is 13.7. The average Bonchev–Trinajstić information content (AvgIpc) is 3.20. The molecule has 0 aliphatic carbocycles. The second-order valence-corrected chi connectivity index (χ2v) is 10.5. The normalized spacial score (nSPS) is 13.6. The zero-order chi connectivity index (χ0) is 30.4. The van der Waals surface area contributed by atoms with Crippen LogP contribution in [0.15, 0.2) is 73.4 Å². The molecular formula is C30H34N4O8. The maximum atomic E-state index is 13.4. The number of carbonyl (C=O) groups excluding carboxylic acids is 2. The fourth-order valence-electron chi connectivity index (χ4n) is 4.89. The van der Waals surface area contributed by atoms with Crippen molar-refractivity contribution in [2.75, 3.05) is 7.05 Å². The van der Waals surface area contributed by atoms with E-state index in [-0.39, 0.29) is 59.6 Å². The van der Waals surface area contributed by atoms with E-state index in [2.05, 4.69) is 16.0 Å². The molecule has 2 heterocycles. The van der Waals surface area contributed by atoms with Crippen LogP contribution < -0.4 is 27.1 Å². The minimum Gasteiger partial charge on any atom is -0.480 e. The van der Waals surface area contributed by atoms with Crippen molar-refractivity contribution < 1.29 is 28.3 Å². The summed E-state index contributed by atoms with van der Waals surface area (Å²) in [6.45, 7) is 3.57. The number of amides is 2. The highest BCUT2D eigenvalue weighted by atomic mass is 16.4. The van der Waals surface area contributed by atoms with Crippen molar-refractivity contribution in [3.8, 4) is 0 Å². The molecule has 0 saturated heterocycles. The van der Waals surface area contributed by atoms with Gasteiger partial charge in [-0.3, -0.25) is 33.9 Å². The second-order valence-electron chi connectivity index (χ2n) is 10.5. The Bertz CT molecular complexity index is 1620. The predicted molar refractivity (Wildman–Crippen MR) is 155 cm³/mol. The van der Waals surface area contributed by atoms with E-state index in [0.717, 1.165) is 10.1 Å². The molecule has 0 radical (unpaired) electrons. The molecule has 0 fully saturated rings. The molecule has 12 heteroatoms. The van der Waals surface area contributed by atoms with Gasteiger partial charge in [0.05, 0.1) is 16.8 Å². The van der Waals surface area contributed by atoms with E-state index in [0.29, 0.717) is 0 Å². The van der Waals surface area contributed by atoms with Crippen LogP contribution in [0.25, 0.3) is 21.9 Å². The van der Waals surface area contributed by atoms with E-state index < -0.39 is 41.1 Å². The number of aliphatic carboxylic acids is 1. The number of aromatic nitrogens is 1. The number of fused-ring (bicyclic) bond motifs is 2. The molecule has 0 aliphatic rings. The minimum atomic E-state index is -1.26. The number of likely N-dealkylation sites (N-methyl/N-ethyl adjacent to an activating group) is 1. The van der Waals surface area contributed by atoms with Crippen LogP contribution >= 0.6 is 0 Å². The molecule has 0 spiro atoms. The summed E-state index contributed by atoms with van der Waals surface area (Å²) < 4.78 is 11.7. The van der Waals surface area contributed by atoms with Crippen molar-refractivity contribution >= 4 is 39.7 Å². The van der Waals surface area contributed by atoms with Gasteiger partial charge in [0.1, 0.15) is 24.6 Å². The lowest BCUT2D eigenvalue weighted by molar-refractivity contribution is -0.140. The van der Waals surface area contributed by atoms with Crippen LogP contribution in [0.5, 0.6) is 0 Å². The molecule has 1 unspecified atom stereocenters. The van der Waals surface area contributed by atoms with Gasteiger partial charge < -0.3 is 24.6 Å². The van der Waals surface area contributed by atoms with E-state index in [1.54, 1.807) is 0 Å². The fourth-order valence-corrected chi connectivity index (χ4v) is 4.89. The summed E-state index contributed by atoms with van der Waals surface area (Å²) in [5.41, 5.74) is 0.263. The third-order valence-electron chi connectivity index (χ3n) is 7.01. The van der Waals surface area contributed by atoms with Gasteiger partial charge in [-0.05, 0) is 36.5 Å². The summed E-state index contributed by atoms with van der Waals surface area (Å²) in [5.74, 6) is -2.15. The Morgan fingerprint density at radius 1 is 0.881 bits per heavy atom. The first kappa shape index (κ1) is 30.3. The van der Waals surface area contributed by atoms with Crippen molar-refractivity contribution in [3.05, 3.63) is 81.3 Å². The van der Waals surface area contributed by atoms with Crippen LogP contribution in [0.3, 0.4) is 0 Å². The largest absolute Gasteiger partial charge is 0.480 e. The molecule has 0 aliphatic heterocycles. The summed E-state index contributed by atoms with van der Waals surface area (Å²) >= 11 is 0. The average molecular weight is 579 g/mol. The summed E-state index contributed by atoms with van der Waals surface area (Å²) in [7, 11) is 1.47. The molecule has 2 aromatic carbocycles. The molecule has 2 amide bonds. The molecule has 12 nitrogen and oxygen atoms in total. The number of carboxylic acid groups (broad SMARTS) is 1. The fraction of sp³-hybridized carbons (Fsp3) is 0.367. The Kier molecular flexibility index (Phi) is 9.58. The van der Waals surface area contributed by atoms with Gasteiger partial charge in [-0.1, -0.05) is 44.2 Å². The molecule has 0 bridgehead atoms. The summed E-state index contributed by atoms with van der Waals surface area (Å²) in [6, 6.07) is 8.95. The molecule has 4 N–H and O–H groups in total. The molecule has 0 saturated carbocycles. The van der Waals surface area contributed by atoms with Gasteiger partial charge in [0, 0.05) is 20.0 Å². The quantitative estimate of drug-likeness (QED) is 0.185. The topological polar surface area (TPSA) is 173 Å². The van der Waals surface area contributed by atoms with E-state index >= 15 is 0 Å². The van der Waals surface area contributed by atoms with Crippen molar-refractivity contribution in [3.63, 3.8) is 0 Å². The van der Waals surface area contributed by atoms with Gasteiger partial charge in [-0.25, -0.2) is 0 Å². The van der Waals surface area contributed by atoms with Crippen molar-refractivity contribution in [2.45, 2.75) is 57.8 Å². The van der Waals surface area contributed by atoms with Gasteiger partial charge in [0.15, 0.2) is 11.2 Å². The molecule has 222 valence electrons. The van der Waals surface area contributed by atoms with E-state index in [1.807, 2.05) is 44.2 Å². The standard InChI is InChI=1S/C30H34N4O8/c1-17(2)13-22(27(36)33-23(26(35)31-3)14-18-7-5-4-6-8-18)32-21(30(39)40)9-10-34-28(37)19-15-24-25(42-12-11-41-24)16-20(19)29(34)38/h4-8,11-12,15-17,21-23,32H,9-10,13-14H2,1-3H3,(H,31,35)(H,33,36)(H,39,40)/t21?,22-,23-/m0/s1. The number of rotatable bonds is 13. The van der Waals surface area contributed by atoms with E-state index in [4.69, 9.17) is 8.83 Å². The van der Waals surface area contributed by atoms with Gasteiger partial charge in [0.25, 0.3) is 11.1 Å². The molecule has 42 heavy (non-hydrogen) atoms. The molecular weight excluding hydrogens is 544 g/mol. The Balaban J connectivity index is 1.53. The van der Waals surface area contributed by atoms with Gasteiger partial charge in [0.2, 0.25) is 11.8 Å². The summed E-state index contributed by atoms with van der Waals surface area (Å²) in [6.07, 6.45) is 2.99. The monoisotopic (exact) mass is 578 g/mol. The highest BCUT2D eigenvalue weighted by Crippen LogP contribution is 2.19. The number of hydrogen-bond donors (Lipinski definition) is 4. The van der Waals surface area contributed by atoms with Crippen molar-refractivity contribution in [2.24, 2.45) is 5.92 Å². The van der Waals surface area contributed by atoms with Crippen LogP contribution in [0.4, 0.5) is 0 Å². The molecule has 4 rings (SSSR count). The Morgan fingerprint density at radius 3 is 2.00 bits per heavy atom. The van der Waals surface area contributed by atoms with Crippen LogP contribution in [0.1, 0.15) is 32.3 Å². The first-order chi connectivity index (χ1) is 20.1. The number of carbonyl (C=O) groups is 3. The lowest BCUT2D eigenvalue weighted by atomic mass is 10.00. The first-order valence-corrected chi connectivity index (χ1v) is 13.7. The van der Waals surface area contributed by atoms with Gasteiger partial charge in [-0.2, -0.15) is 0 Å². The highest BCUT2D eigenvalue weighted by molar-refractivity contribution is 5.93. The van der Waals surface area contributed by atoms with Crippen LogP contribution in [0, 0.1) is 5.92 Å². The third-order valence-corrected chi connectivity index (χ3v) is 7.01. The van der Waals surface area contributed by atoms with Gasteiger partial charge in [-0.15, -0.1) is 0 Å². The molecule has 2 aromatic heterocycles. The Morgan fingerprint density at radius 2 is 1.48 bits per heavy atom. The zero-order valence-corrected chi connectivity index (χ0v) is 23.6. The smallest absolute Gasteiger partial charge is 0.320 e.